The van der Waals surface area contributed by atoms with Crippen molar-refractivity contribution in [2.75, 3.05) is 26.9 Å². The molecule has 1 atom stereocenters. The van der Waals surface area contributed by atoms with Crippen LogP contribution in [0.1, 0.15) is 37.4 Å². The average molecular weight is 512 g/mol. The summed E-state index contributed by atoms with van der Waals surface area (Å²) in [5.41, 5.74) is 1.66. The summed E-state index contributed by atoms with van der Waals surface area (Å²) >= 11 is 3.33. The van der Waals surface area contributed by atoms with Gasteiger partial charge >= 0.3 is 5.97 Å². The van der Waals surface area contributed by atoms with Crippen LogP contribution in [0.3, 0.4) is 0 Å². The van der Waals surface area contributed by atoms with Gasteiger partial charge in [-0.15, -0.1) is 0 Å². The van der Waals surface area contributed by atoms with Crippen LogP contribution >= 0.6 is 15.9 Å². The van der Waals surface area contributed by atoms with Gasteiger partial charge in [-0.05, 0) is 67.8 Å². The highest BCUT2D eigenvalue weighted by molar-refractivity contribution is 9.10. The SMILES string of the molecule is CCOc1cc2c(cc1OCC)[C@H](CC(=O)OC)N(S(=O)(=O)c1ccc(Br)cc1)CC2. The molecular weight excluding hydrogens is 486 g/mol. The first-order valence-corrected chi connectivity index (χ1v) is 12.3. The number of hydrogen-bond donors (Lipinski definition) is 0. The lowest BCUT2D eigenvalue weighted by atomic mass is 9.91. The summed E-state index contributed by atoms with van der Waals surface area (Å²) in [6, 6.07) is 9.43. The van der Waals surface area contributed by atoms with Gasteiger partial charge in [0, 0.05) is 11.0 Å². The Morgan fingerprint density at radius 1 is 1.10 bits per heavy atom. The Kier molecular flexibility index (Phi) is 7.61. The number of sulfonamides is 1. The van der Waals surface area contributed by atoms with Crippen molar-refractivity contribution >= 4 is 31.9 Å². The smallest absolute Gasteiger partial charge is 0.307 e. The van der Waals surface area contributed by atoms with Gasteiger partial charge in [0.2, 0.25) is 10.0 Å². The quantitative estimate of drug-likeness (QED) is 0.496. The minimum atomic E-state index is -3.84. The third kappa shape index (κ3) is 5.05. The van der Waals surface area contributed by atoms with Crippen molar-refractivity contribution in [1.29, 1.82) is 0 Å². The van der Waals surface area contributed by atoms with Crippen LogP contribution in [-0.2, 0) is 26.0 Å². The summed E-state index contributed by atoms with van der Waals surface area (Å²) < 4.78 is 45.4. The van der Waals surface area contributed by atoms with Gasteiger partial charge < -0.3 is 14.2 Å². The molecule has 0 aromatic heterocycles. The van der Waals surface area contributed by atoms with E-state index >= 15 is 0 Å². The van der Waals surface area contributed by atoms with Crippen LogP contribution in [0.2, 0.25) is 0 Å². The van der Waals surface area contributed by atoms with E-state index in [1.165, 1.54) is 11.4 Å². The Morgan fingerprint density at radius 3 is 2.29 bits per heavy atom. The molecule has 1 aliphatic heterocycles. The molecule has 1 heterocycles. The number of nitrogens with zero attached hydrogens (tertiary/aromatic N) is 1. The standard InChI is InChI=1S/C22H26BrNO6S/c1-4-29-20-12-15-10-11-24(31(26,27)17-8-6-16(23)7-9-17)19(14-22(25)28-3)18(15)13-21(20)30-5-2/h6-9,12-13,19H,4-5,10-11,14H2,1-3H3/t19-/m0/s1. The molecule has 9 heteroatoms. The second kappa shape index (κ2) is 10.0. The summed E-state index contributed by atoms with van der Waals surface area (Å²) in [4.78, 5) is 12.4. The van der Waals surface area contributed by atoms with Gasteiger partial charge in [-0.1, -0.05) is 15.9 Å². The first-order chi connectivity index (χ1) is 14.8. The Balaban J connectivity index is 2.10. The van der Waals surface area contributed by atoms with Crippen LogP contribution in [0.15, 0.2) is 45.8 Å². The molecule has 0 fully saturated rings. The number of rotatable bonds is 8. The molecule has 0 spiro atoms. The first-order valence-electron chi connectivity index (χ1n) is 10.1. The zero-order valence-electron chi connectivity index (χ0n) is 17.8. The zero-order chi connectivity index (χ0) is 22.6. The van der Waals surface area contributed by atoms with Gasteiger partial charge in [0.15, 0.2) is 11.5 Å². The first kappa shape index (κ1) is 23.6. The van der Waals surface area contributed by atoms with Crippen molar-refractivity contribution in [1.82, 2.24) is 4.31 Å². The molecule has 2 aromatic carbocycles. The molecule has 0 saturated carbocycles. The van der Waals surface area contributed by atoms with Crippen molar-refractivity contribution in [2.45, 2.75) is 37.6 Å². The van der Waals surface area contributed by atoms with Crippen LogP contribution in [-0.4, -0.2) is 45.6 Å². The van der Waals surface area contributed by atoms with E-state index in [9.17, 15) is 13.2 Å². The Labute approximate surface area is 191 Å². The fourth-order valence-corrected chi connectivity index (χ4v) is 5.58. The summed E-state index contributed by atoms with van der Waals surface area (Å²) in [5, 5.41) is 0. The van der Waals surface area contributed by atoms with Crippen molar-refractivity contribution < 1.29 is 27.4 Å². The molecule has 7 nitrogen and oxygen atoms in total. The van der Waals surface area contributed by atoms with E-state index in [4.69, 9.17) is 14.2 Å². The van der Waals surface area contributed by atoms with Gasteiger partial charge in [-0.2, -0.15) is 4.31 Å². The highest BCUT2D eigenvalue weighted by Crippen LogP contribution is 2.42. The Morgan fingerprint density at radius 2 is 1.71 bits per heavy atom. The predicted octanol–water partition coefficient (Wildman–Crippen LogP) is 4.10. The summed E-state index contributed by atoms with van der Waals surface area (Å²) in [6.07, 6.45) is 0.397. The topological polar surface area (TPSA) is 82.1 Å². The highest BCUT2D eigenvalue weighted by Gasteiger charge is 2.38. The van der Waals surface area contributed by atoms with Crippen molar-refractivity contribution in [2.24, 2.45) is 0 Å². The van der Waals surface area contributed by atoms with Crippen molar-refractivity contribution in [3.63, 3.8) is 0 Å². The van der Waals surface area contributed by atoms with Crippen LogP contribution in [0.4, 0.5) is 0 Å². The number of fused-ring (bicyclic) bond motifs is 1. The van der Waals surface area contributed by atoms with Gasteiger partial charge in [0.1, 0.15) is 0 Å². The molecular formula is C22H26BrNO6S. The molecule has 0 saturated heterocycles. The van der Waals surface area contributed by atoms with Gasteiger partial charge in [-0.3, -0.25) is 4.79 Å². The second-order valence-electron chi connectivity index (χ2n) is 6.98. The Bertz CT molecular complexity index is 1040. The predicted molar refractivity (Wildman–Crippen MR) is 120 cm³/mol. The molecule has 0 radical (unpaired) electrons. The third-order valence-electron chi connectivity index (χ3n) is 5.12. The number of esters is 1. The number of carbonyl (C=O) groups is 1. The van der Waals surface area contributed by atoms with Crippen molar-refractivity contribution in [3.05, 3.63) is 52.0 Å². The minimum absolute atomic E-state index is 0.0984. The van der Waals surface area contributed by atoms with Gasteiger partial charge in [-0.25, -0.2) is 8.42 Å². The van der Waals surface area contributed by atoms with Crippen LogP contribution in [0, 0.1) is 0 Å². The Hall–Kier alpha value is -2.10. The van der Waals surface area contributed by atoms with Crippen molar-refractivity contribution in [3.8, 4) is 11.5 Å². The molecule has 0 unspecified atom stereocenters. The maximum atomic E-state index is 13.5. The summed E-state index contributed by atoms with van der Waals surface area (Å²) in [7, 11) is -2.54. The van der Waals surface area contributed by atoms with Crippen LogP contribution in [0.5, 0.6) is 11.5 Å². The van der Waals surface area contributed by atoms with E-state index in [2.05, 4.69) is 15.9 Å². The highest BCUT2D eigenvalue weighted by atomic mass is 79.9. The van der Waals surface area contributed by atoms with E-state index in [-0.39, 0.29) is 17.9 Å². The van der Waals surface area contributed by atoms with Crippen LogP contribution < -0.4 is 9.47 Å². The molecule has 31 heavy (non-hydrogen) atoms. The molecule has 1 aliphatic rings. The number of ether oxygens (including phenoxy) is 3. The monoisotopic (exact) mass is 511 g/mol. The van der Waals surface area contributed by atoms with E-state index < -0.39 is 22.0 Å². The van der Waals surface area contributed by atoms with Gasteiger partial charge in [0.25, 0.3) is 0 Å². The molecule has 0 amide bonds. The molecule has 0 bridgehead atoms. The minimum Gasteiger partial charge on any atom is -0.490 e. The largest absolute Gasteiger partial charge is 0.490 e. The summed E-state index contributed by atoms with van der Waals surface area (Å²) in [6.45, 7) is 4.91. The fourth-order valence-electron chi connectivity index (χ4n) is 3.71. The molecule has 3 rings (SSSR count). The zero-order valence-corrected chi connectivity index (χ0v) is 20.2. The van der Waals surface area contributed by atoms with Gasteiger partial charge in [0.05, 0.1) is 37.7 Å². The number of halogens is 1. The average Bonchev–Trinajstić information content (AvgIpc) is 2.75. The normalized spacial score (nSPS) is 16.5. The summed E-state index contributed by atoms with van der Waals surface area (Å²) in [5.74, 6) is 0.658. The van der Waals surface area contributed by atoms with E-state index in [0.29, 0.717) is 31.1 Å². The molecule has 168 valence electrons. The number of benzene rings is 2. The third-order valence-corrected chi connectivity index (χ3v) is 7.57. The number of carbonyl (C=O) groups excluding carboxylic acids is 1. The second-order valence-corrected chi connectivity index (χ2v) is 9.79. The molecule has 0 aliphatic carbocycles. The number of hydrogen-bond acceptors (Lipinski definition) is 6. The maximum absolute atomic E-state index is 13.5. The lowest BCUT2D eigenvalue weighted by Crippen LogP contribution is -2.41. The number of methoxy groups -OCH3 is 1. The van der Waals surface area contributed by atoms with E-state index in [1.807, 2.05) is 19.9 Å². The maximum Gasteiger partial charge on any atom is 0.307 e. The fraction of sp³-hybridized carbons (Fsp3) is 0.409. The molecule has 0 N–H and O–H groups in total. The van der Waals surface area contributed by atoms with E-state index in [1.54, 1.807) is 30.3 Å². The lowest BCUT2D eigenvalue weighted by Gasteiger charge is -2.36. The lowest BCUT2D eigenvalue weighted by molar-refractivity contribution is -0.141. The van der Waals surface area contributed by atoms with E-state index in [0.717, 1.165) is 15.6 Å². The van der Waals surface area contributed by atoms with Crippen LogP contribution in [0.25, 0.3) is 0 Å². The molecule has 2 aromatic rings.